The van der Waals surface area contributed by atoms with Gasteiger partial charge in [0.25, 0.3) is 5.91 Å². The number of nitrogens with zero attached hydrogens (tertiary/aromatic N) is 2. The van der Waals surface area contributed by atoms with Crippen molar-refractivity contribution < 1.29 is 9.59 Å². The van der Waals surface area contributed by atoms with E-state index in [1.54, 1.807) is 16.2 Å². The summed E-state index contributed by atoms with van der Waals surface area (Å²) in [6, 6.07) is 20.9. The summed E-state index contributed by atoms with van der Waals surface area (Å²) in [5, 5.41) is 2.01. The van der Waals surface area contributed by atoms with Crippen LogP contribution in [0.25, 0.3) is 0 Å². The quantitative estimate of drug-likeness (QED) is 0.561. The smallest absolute Gasteiger partial charge is 0.254 e. The highest BCUT2D eigenvalue weighted by Gasteiger charge is 2.45. The Morgan fingerprint density at radius 3 is 2.40 bits per heavy atom. The molecule has 3 aromatic rings. The van der Waals surface area contributed by atoms with E-state index in [4.69, 9.17) is 0 Å². The molecule has 0 aliphatic carbocycles. The normalized spacial score (nSPS) is 18.4. The van der Waals surface area contributed by atoms with E-state index in [1.165, 1.54) is 0 Å². The Balaban J connectivity index is 1.86. The monoisotopic (exact) mass is 418 g/mol. The van der Waals surface area contributed by atoms with Crippen LogP contribution in [0.5, 0.6) is 0 Å². The molecule has 0 saturated heterocycles. The zero-order valence-corrected chi connectivity index (χ0v) is 18.3. The van der Waals surface area contributed by atoms with E-state index in [2.05, 4.69) is 13.8 Å². The van der Waals surface area contributed by atoms with E-state index >= 15 is 0 Å². The number of thiophene rings is 1. The Hall–Kier alpha value is -2.92. The summed E-state index contributed by atoms with van der Waals surface area (Å²) in [6.07, 6.45) is 0. The average Bonchev–Trinajstić information content (AvgIpc) is 3.29. The molecule has 0 bridgehead atoms. The number of para-hydroxylation sites is 1. The summed E-state index contributed by atoms with van der Waals surface area (Å²) in [5.41, 5.74) is 2.29. The molecule has 4 rings (SSSR count). The molecular formula is C25H26N2O2S. The zero-order chi connectivity index (χ0) is 21.3. The molecule has 2 amide bonds. The van der Waals surface area contributed by atoms with E-state index in [1.807, 2.05) is 84.1 Å². The van der Waals surface area contributed by atoms with Crippen LogP contribution in [0, 0.1) is 5.92 Å². The van der Waals surface area contributed by atoms with Crippen molar-refractivity contribution in [3.63, 3.8) is 0 Å². The number of hydrogen-bond acceptors (Lipinski definition) is 3. The van der Waals surface area contributed by atoms with Crippen molar-refractivity contribution in [2.45, 2.75) is 25.8 Å². The van der Waals surface area contributed by atoms with Gasteiger partial charge in [0.1, 0.15) is 0 Å². The fourth-order valence-corrected chi connectivity index (χ4v) is 5.09. The van der Waals surface area contributed by atoms with Gasteiger partial charge in [-0.3, -0.25) is 9.59 Å². The minimum atomic E-state index is -0.457. The molecule has 0 N–H and O–H groups in total. The zero-order valence-electron chi connectivity index (χ0n) is 17.5. The molecule has 2 heterocycles. The molecule has 1 aliphatic heterocycles. The number of amides is 2. The molecule has 0 spiro atoms. The van der Waals surface area contributed by atoms with Gasteiger partial charge in [0, 0.05) is 29.7 Å². The molecular weight excluding hydrogens is 392 g/mol. The van der Waals surface area contributed by atoms with Crippen LogP contribution >= 0.6 is 11.3 Å². The number of anilines is 1. The summed E-state index contributed by atoms with van der Waals surface area (Å²) in [5.74, 6) is -0.164. The summed E-state index contributed by atoms with van der Waals surface area (Å²) < 4.78 is 0. The third kappa shape index (κ3) is 3.65. The molecule has 30 heavy (non-hydrogen) atoms. The van der Waals surface area contributed by atoms with Crippen LogP contribution in [0.15, 0.2) is 72.1 Å². The predicted molar refractivity (Wildman–Crippen MR) is 122 cm³/mol. The topological polar surface area (TPSA) is 40.6 Å². The first-order valence-electron chi connectivity index (χ1n) is 10.2. The third-order valence-electron chi connectivity index (χ3n) is 5.58. The van der Waals surface area contributed by atoms with Gasteiger partial charge in [0.2, 0.25) is 5.91 Å². The van der Waals surface area contributed by atoms with Crippen molar-refractivity contribution in [1.82, 2.24) is 4.90 Å². The maximum atomic E-state index is 13.9. The van der Waals surface area contributed by atoms with E-state index in [9.17, 15) is 9.59 Å². The number of carbonyl (C=O) groups excluding carboxylic acids is 2. The van der Waals surface area contributed by atoms with Crippen molar-refractivity contribution in [1.29, 1.82) is 0 Å². The molecule has 0 fully saturated rings. The van der Waals surface area contributed by atoms with Gasteiger partial charge in [-0.15, -0.1) is 11.3 Å². The van der Waals surface area contributed by atoms with Gasteiger partial charge in [-0.05, 0) is 41.1 Å². The second-order valence-electron chi connectivity index (χ2n) is 8.11. The van der Waals surface area contributed by atoms with Crippen molar-refractivity contribution in [3.8, 4) is 0 Å². The second-order valence-corrected chi connectivity index (χ2v) is 9.09. The van der Waals surface area contributed by atoms with Crippen molar-refractivity contribution >= 4 is 28.8 Å². The van der Waals surface area contributed by atoms with Crippen LogP contribution in [0.1, 0.15) is 46.6 Å². The van der Waals surface area contributed by atoms with Gasteiger partial charge in [-0.2, -0.15) is 0 Å². The maximum Gasteiger partial charge on any atom is 0.254 e. The average molecular weight is 419 g/mol. The van der Waals surface area contributed by atoms with Gasteiger partial charge in [-0.25, -0.2) is 0 Å². The van der Waals surface area contributed by atoms with Crippen molar-refractivity contribution in [3.05, 3.63) is 88.1 Å². The standard InChI is InChI=1S/C25H26N2O2S/c1-17(2)16-27-23(21-14-9-15-30-21)22(19-12-7-8-13-20(19)24(27)28)25(29)26(3)18-10-5-4-6-11-18/h4-15,17,22-23H,16H2,1-3H3. The molecule has 0 saturated carbocycles. The predicted octanol–water partition coefficient (Wildman–Crippen LogP) is 5.35. The highest BCUT2D eigenvalue weighted by molar-refractivity contribution is 7.10. The summed E-state index contributed by atoms with van der Waals surface area (Å²) >= 11 is 1.60. The molecule has 0 radical (unpaired) electrons. The first-order valence-corrected chi connectivity index (χ1v) is 11.1. The number of rotatable bonds is 5. The van der Waals surface area contributed by atoms with Gasteiger partial charge in [0.15, 0.2) is 0 Å². The van der Waals surface area contributed by atoms with Crippen LogP contribution in [-0.2, 0) is 4.79 Å². The van der Waals surface area contributed by atoms with Gasteiger partial charge in [-0.1, -0.05) is 56.3 Å². The summed E-state index contributed by atoms with van der Waals surface area (Å²) in [4.78, 5) is 32.0. The largest absolute Gasteiger partial charge is 0.329 e. The molecule has 2 atom stereocenters. The summed E-state index contributed by atoms with van der Waals surface area (Å²) in [6.45, 7) is 4.81. The minimum absolute atomic E-state index is 0.00381. The number of carbonyl (C=O) groups is 2. The minimum Gasteiger partial charge on any atom is -0.329 e. The molecule has 2 unspecified atom stereocenters. The number of fused-ring (bicyclic) bond motifs is 1. The first-order chi connectivity index (χ1) is 14.5. The fourth-order valence-electron chi connectivity index (χ4n) is 4.22. The first kappa shape index (κ1) is 20.4. The molecule has 1 aromatic heterocycles. The van der Waals surface area contributed by atoms with E-state index in [0.717, 1.165) is 16.1 Å². The Morgan fingerprint density at radius 2 is 1.73 bits per heavy atom. The lowest BCUT2D eigenvalue weighted by atomic mass is 9.80. The number of hydrogen-bond donors (Lipinski definition) is 0. The molecule has 2 aromatic carbocycles. The lowest BCUT2D eigenvalue weighted by Gasteiger charge is -2.43. The Labute approximate surface area is 181 Å². The van der Waals surface area contributed by atoms with E-state index < -0.39 is 5.92 Å². The van der Waals surface area contributed by atoms with Crippen LogP contribution in [0.3, 0.4) is 0 Å². The van der Waals surface area contributed by atoms with Crippen LogP contribution in [0.2, 0.25) is 0 Å². The third-order valence-corrected chi connectivity index (χ3v) is 6.52. The van der Waals surface area contributed by atoms with Gasteiger partial charge in [0.05, 0.1) is 12.0 Å². The molecule has 1 aliphatic rings. The molecule has 154 valence electrons. The van der Waals surface area contributed by atoms with Gasteiger partial charge >= 0.3 is 0 Å². The van der Waals surface area contributed by atoms with Crippen LogP contribution in [-0.4, -0.2) is 30.3 Å². The number of likely N-dealkylation sites (N-methyl/N-ethyl adjacent to an activating group) is 1. The second kappa shape index (κ2) is 8.44. The van der Waals surface area contributed by atoms with Crippen molar-refractivity contribution in [2.24, 2.45) is 5.92 Å². The Morgan fingerprint density at radius 1 is 1.03 bits per heavy atom. The van der Waals surface area contributed by atoms with Crippen LogP contribution in [0.4, 0.5) is 5.69 Å². The SMILES string of the molecule is CC(C)CN1C(=O)c2ccccc2C(C(=O)N(C)c2ccccc2)C1c1cccs1. The Bertz CT molecular complexity index is 1030. The maximum absolute atomic E-state index is 13.9. The Kier molecular flexibility index (Phi) is 5.73. The van der Waals surface area contributed by atoms with Crippen molar-refractivity contribution in [2.75, 3.05) is 18.5 Å². The number of benzene rings is 2. The lowest BCUT2D eigenvalue weighted by molar-refractivity contribution is -0.121. The lowest BCUT2D eigenvalue weighted by Crippen LogP contribution is -2.48. The van der Waals surface area contributed by atoms with E-state index in [0.29, 0.717) is 18.0 Å². The highest BCUT2D eigenvalue weighted by Crippen LogP contribution is 2.45. The summed E-state index contributed by atoms with van der Waals surface area (Å²) in [7, 11) is 1.81. The highest BCUT2D eigenvalue weighted by atomic mass is 32.1. The van der Waals surface area contributed by atoms with E-state index in [-0.39, 0.29) is 17.9 Å². The molecule has 4 nitrogen and oxygen atoms in total. The van der Waals surface area contributed by atoms with Gasteiger partial charge < -0.3 is 9.80 Å². The van der Waals surface area contributed by atoms with Crippen LogP contribution < -0.4 is 4.90 Å². The molecule has 5 heteroatoms. The fraction of sp³-hybridized carbons (Fsp3) is 0.280.